The molecule has 0 heterocycles. The summed E-state index contributed by atoms with van der Waals surface area (Å²) >= 11 is 13.9. The van der Waals surface area contributed by atoms with Crippen LogP contribution in [-0.2, 0) is 6.18 Å². The molecule has 2 aromatic rings. The predicted molar refractivity (Wildman–Crippen MR) is 90.4 cm³/mol. The van der Waals surface area contributed by atoms with Gasteiger partial charge in [0.15, 0.2) is 5.11 Å². The Kier molecular flexibility index (Phi) is 5.31. The summed E-state index contributed by atoms with van der Waals surface area (Å²) in [5.74, 6) is 0. The Labute approximate surface area is 143 Å². The van der Waals surface area contributed by atoms with Gasteiger partial charge in [-0.15, -0.1) is 0 Å². The van der Waals surface area contributed by atoms with Gasteiger partial charge in [0.05, 0.1) is 10.6 Å². The standard InChI is InChI=1S/C14H9BrClF3N2S/c15-8-1-3-9(4-2-8)20-13(22)21-10-5-6-12(16)11(7-10)14(17,18)19/h1-7H,(H2,20,21,22). The van der Waals surface area contributed by atoms with Crippen LogP contribution in [0.4, 0.5) is 24.5 Å². The Balaban J connectivity index is 2.10. The lowest BCUT2D eigenvalue weighted by Crippen LogP contribution is -2.19. The molecule has 0 amide bonds. The lowest BCUT2D eigenvalue weighted by atomic mass is 10.2. The molecule has 0 aromatic heterocycles. The lowest BCUT2D eigenvalue weighted by molar-refractivity contribution is -0.137. The molecule has 0 fully saturated rings. The first-order valence-electron chi connectivity index (χ1n) is 5.96. The summed E-state index contributed by atoms with van der Waals surface area (Å²) in [6.07, 6.45) is -4.52. The third-order valence-corrected chi connectivity index (χ3v) is 3.69. The second-order valence-corrected chi connectivity index (χ2v) is 6.01. The molecule has 0 bridgehead atoms. The number of hydrogen-bond donors (Lipinski definition) is 2. The van der Waals surface area contributed by atoms with Crippen molar-refractivity contribution in [3.63, 3.8) is 0 Å². The van der Waals surface area contributed by atoms with Crippen molar-refractivity contribution >= 4 is 56.2 Å². The average Bonchev–Trinajstić information content (AvgIpc) is 2.42. The van der Waals surface area contributed by atoms with Crippen LogP contribution in [0.1, 0.15) is 5.56 Å². The number of nitrogens with one attached hydrogen (secondary N) is 2. The molecule has 22 heavy (non-hydrogen) atoms. The fourth-order valence-electron chi connectivity index (χ4n) is 1.65. The summed E-state index contributed by atoms with van der Waals surface area (Å²) in [4.78, 5) is 0. The van der Waals surface area contributed by atoms with E-state index in [2.05, 4.69) is 26.6 Å². The molecule has 0 saturated heterocycles. The zero-order valence-corrected chi connectivity index (χ0v) is 14.0. The first kappa shape index (κ1) is 17.1. The van der Waals surface area contributed by atoms with E-state index >= 15 is 0 Å². The van der Waals surface area contributed by atoms with Crippen molar-refractivity contribution in [1.82, 2.24) is 0 Å². The molecule has 2 aromatic carbocycles. The minimum absolute atomic E-state index is 0.178. The van der Waals surface area contributed by atoms with Crippen LogP contribution in [0.3, 0.4) is 0 Å². The van der Waals surface area contributed by atoms with Crippen LogP contribution < -0.4 is 10.6 Å². The molecule has 2 N–H and O–H groups in total. The SMILES string of the molecule is FC(F)(F)c1cc(NC(=S)Nc2ccc(Br)cc2)ccc1Cl. The van der Waals surface area contributed by atoms with Crippen molar-refractivity contribution < 1.29 is 13.2 Å². The molecule has 2 rings (SSSR count). The molecule has 2 nitrogen and oxygen atoms in total. The van der Waals surface area contributed by atoms with E-state index < -0.39 is 11.7 Å². The Morgan fingerprint density at radius 2 is 1.55 bits per heavy atom. The maximum absolute atomic E-state index is 12.8. The van der Waals surface area contributed by atoms with Crippen molar-refractivity contribution in [2.45, 2.75) is 6.18 Å². The zero-order chi connectivity index (χ0) is 16.3. The molecule has 0 aliphatic rings. The van der Waals surface area contributed by atoms with E-state index in [9.17, 15) is 13.2 Å². The highest BCUT2D eigenvalue weighted by atomic mass is 79.9. The molecule has 0 spiro atoms. The molecule has 0 saturated carbocycles. The van der Waals surface area contributed by atoms with Crippen LogP contribution in [0.25, 0.3) is 0 Å². The molecule has 116 valence electrons. The zero-order valence-electron chi connectivity index (χ0n) is 10.8. The fraction of sp³-hybridized carbons (Fsp3) is 0.0714. The van der Waals surface area contributed by atoms with Crippen LogP contribution in [0.15, 0.2) is 46.9 Å². The minimum Gasteiger partial charge on any atom is -0.332 e. The highest BCUT2D eigenvalue weighted by Gasteiger charge is 2.33. The Hall–Kier alpha value is -1.31. The predicted octanol–water partition coefficient (Wildman–Crippen LogP) is 5.93. The average molecular weight is 410 g/mol. The van der Waals surface area contributed by atoms with E-state index in [1.54, 1.807) is 12.1 Å². The summed E-state index contributed by atoms with van der Waals surface area (Å²) < 4.78 is 39.3. The summed E-state index contributed by atoms with van der Waals surface area (Å²) in [6.45, 7) is 0. The Morgan fingerprint density at radius 1 is 1.00 bits per heavy atom. The van der Waals surface area contributed by atoms with Crippen molar-refractivity contribution in [1.29, 1.82) is 0 Å². The highest BCUT2D eigenvalue weighted by Crippen LogP contribution is 2.36. The van der Waals surface area contributed by atoms with Crippen LogP contribution in [0.2, 0.25) is 5.02 Å². The molecule has 0 aliphatic carbocycles. The third-order valence-electron chi connectivity index (χ3n) is 2.63. The van der Waals surface area contributed by atoms with Crippen molar-refractivity contribution in [2.24, 2.45) is 0 Å². The van der Waals surface area contributed by atoms with Gasteiger partial charge in [0.1, 0.15) is 0 Å². The van der Waals surface area contributed by atoms with Crippen LogP contribution >= 0.6 is 39.7 Å². The van der Waals surface area contributed by atoms with Gasteiger partial charge in [0.25, 0.3) is 0 Å². The normalized spacial score (nSPS) is 11.1. The monoisotopic (exact) mass is 408 g/mol. The van der Waals surface area contributed by atoms with Crippen LogP contribution in [0, 0.1) is 0 Å². The van der Waals surface area contributed by atoms with Gasteiger partial charge >= 0.3 is 6.18 Å². The van der Waals surface area contributed by atoms with Gasteiger partial charge in [-0.3, -0.25) is 0 Å². The summed E-state index contributed by atoms with van der Waals surface area (Å²) in [5, 5.41) is 5.39. The molecule has 0 radical (unpaired) electrons. The van der Waals surface area contributed by atoms with E-state index in [4.69, 9.17) is 23.8 Å². The molecule has 0 aliphatic heterocycles. The van der Waals surface area contributed by atoms with Gasteiger partial charge in [0, 0.05) is 15.8 Å². The number of rotatable bonds is 2. The summed E-state index contributed by atoms with van der Waals surface area (Å²) in [6, 6.07) is 10.7. The molecular weight excluding hydrogens is 401 g/mol. The van der Waals surface area contributed by atoms with Crippen molar-refractivity contribution in [3.8, 4) is 0 Å². The first-order chi connectivity index (χ1) is 10.3. The summed E-state index contributed by atoms with van der Waals surface area (Å²) in [7, 11) is 0. The van der Waals surface area contributed by atoms with Gasteiger partial charge in [-0.05, 0) is 54.7 Å². The lowest BCUT2D eigenvalue weighted by Gasteiger charge is -2.14. The quantitative estimate of drug-likeness (QED) is 0.601. The molecule has 8 heteroatoms. The molecular formula is C14H9BrClF3N2S. The number of thiocarbonyl (C=S) groups is 1. The number of anilines is 2. The van der Waals surface area contributed by atoms with Gasteiger partial charge < -0.3 is 10.6 Å². The second kappa shape index (κ2) is 6.85. The smallest absolute Gasteiger partial charge is 0.332 e. The second-order valence-electron chi connectivity index (χ2n) is 4.28. The van der Waals surface area contributed by atoms with Crippen molar-refractivity contribution in [3.05, 3.63) is 57.5 Å². The van der Waals surface area contributed by atoms with E-state index in [1.165, 1.54) is 12.1 Å². The van der Waals surface area contributed by atoms with Crippen molar-refractivity contribution in [2.75, 3.05) is 10.6 Å². The summed E-state index contributed by atoms with van der Waals surface area (Å²) in [5.41, 5.74) is 0.00246. The van der Waals surface area contributed by atoms with Gasteiger partial charge in [-0.1, -0.05) is 27.5 Å². The first-order valence-corrected chi connectivity index (χ1v) is 7.54. The number of alkyl halides is 3. The van der Waals surface area contributed by atoms with E-state index in [1.807, 2.05) is 12.1 Å². The van der Waals surface area contributed by atoms with E-state index in [0.717, 1.165) is 10.5 Å². The topological polar surface area (TPSA) is 24.1 Å². The van der Waals surface area contributed by atoms with Crippen LogP contribution in [0.5, 0.6) is 0 Å². The number of halogens is 5. The minimum atomic E-state index is -4.52. The van der Waals surface area contributed by atoms with E-state index in [-0.39, 0.29) is 15.8 Å². The van der Waals surface area contributed by atoms with Gasteiger partial charge in [-0.25, -0.2) is 0 Å². The molecule has 0 unspecified atom stereocenters. The number of benzene rings is 2. The van der Waals surface area contributed by atoms with Gasteiger partial charge in [0.2, 0.25) is 0 Å². The third kappa shape index (κ3) is 4.59. The van der Waals surface area contributed by atoms with Crippen LogP contribution in [-0.4, -0.2) is 5.11 Å². The highest BCUT2D eigenvalue weighted by molar-refractivity contribution is 9.10. The maximum Gasteiger partial charge on any atom is 0.417 e. The fourth-order valence-corrected chi connectivity index (χ4v) is 2.37. The van der Waals surface area contributed by atoms with Gasteiger partial charge in [-0.2, -0.15) is 13.2 Å². The molecule has 0 atom stereocenters. The Bertz CT molecular complexity index is 689. The van der Waals surface area contributed by atoms with E-state index in [0.29, 0.717) is 5.69 Å². The maximum atomic E-state index is 12.8. The Morgan fingerprint density at radius 3 is 2.14 bits per heavy atom. The number of hydrogen-bond acceptors (Lipinski definition) is 1. The largest absolute Gasteiger partial charge is 0.417 e.